The summed E-state index contributed by atoms with van der Waals surface area (Å²) in [4.78, 5) is 0. The van der Waals surface area contributed by atoms with Gasteiger partial charge in [-0.05, 0) is 18.1 Å². The van der Waals surface area contributed by atoms with Crippen LogP contribution >= 0.6 is 0 Å². The van der Waals surface area contributed by atoms with Crippen LogP contribution in [0.5, 0.6) is 0 Å². The first-order chi connectivity index (χ1) is 7.24. The number of ether oxygens (including phenoxy) is 1. The van der Waals surface area contributed by atoms with Crippen LogP contribution in [-0.2, 0) is 9.16 Å². The zero-order chi connectivity index (χ0) is 12.8. The third kappa shape index (κ3) is 4.81. The van der Waals surface area contributed by atoms with Crippen LogP contribution in [-0.4, -0.2) is 27.6 Å². The molecule has 1 unspecified atom stereocenters. The Bertz CT molecular complexity index is 294. The zero-order valence-electron chi connectivity index (χ0n) is 10.8. The van der Waals surface area contributed by atoms with Crippen molar-refractivity contribution in [1.82, 2.24) is 0 Å². The molecule has 0 N–H and O–H groups in total. The molecule has 3 nitrogen and oxygen atoms in total. The molecule has 0 amide bonds. The van der Waals surface area contributed by atoms with Crippen molar-refractivity contribution in [1.29, 1.82) is 5.26 Å². The van der Waals surface area contributed by atoms with E-state index < -0.39 is 14.4 Å². The Labute approximate surface area is 99.9 Å². The number of hydrogen-bond acceptors (Lipinski definition) is 3. The number of hydrogen-bond donors (Lipinski definition) is 0. The molecule has 16 heavy (non-hydrogen) atoms. The minimum absolute atomic E-state index is 0.0915. The lowest BCUT2D eigenvalue weighted by molar-refractivity contribution is 0.0861. The highest BCUT2D eigenvalue weighted by Crippen LogP contribution is 2.37. The smallest absolute Gasteiger partial charge is 0.193 e. The fraction of sp³-hybridized carbons (Fsp3) is 0.750. The van der Waals surface area contributed by atoms with Crippen molar-refractivity contribution < 1.29 is 9.16 Å². The van der Waals surface area contributed by atoms with E-state index in [4.69, 9.17) is 20.8 Å². The van der Waals surface area contributed by atoms with Crippen LogP contribution in [0.4, 0.5) is 0 Å². The third-order valence-electron chi connectivity index (χ3n) is 2.84. The van der Waals surface area contributed by atoms with E-state index in [1.54, 1.807) is 0 Å². The maximum Gasteiger partial charge on any atom is 0.193 e. The summed E-state index contributed by atoms with van der Waals surface area (Å²) in [5.41, 5.74) is 0. The van der Waals surface area contributed by atoms with E-state index >= 15 is 0 Å². The summed E-state index contributed by atoms with van der Waals surface area (Å²) >= 11 is 0. The second-order valence-electron chi connectivity index (χ2n) is 5.22. The van der Waals surface area contributed by atoms with Crippen LogP contribution in [0, 0.1) is 23.7 Å². The van der Waals surface area contributed by atoms with Gasteiger partial charge in [-0.3, -0.25) is 0 Å². The van der Waals surface area contributed by atoms with Crippen LogP contribution in [0.1, 0.15) is 20.8 Å². The van der Waals surface area contributed by atoms with Gasteiger partial charge in [0.15, 0.2) is 14.4 Å². The number of terminal acetylenes is 1. The SMILES string of the molecule is C#CCOCC(C#N)O[Si](C)(C)C(C)(C)C. The predicted octanol–water partition coefficient (Wildman–Crippen LogP) is 2.55. The Balaban J connectivity index is 4.34. The second kappa shape index (κ2) is 6.05. The first-order valence-electron chi connectivity index (χ1n) is 5.33. The van der Waals surface area contributed by atoms with Crippen molar-refractivity contribution in [3.8, 4) is 18.4 Å². The van der Waals surface area contributed by atoms with Crippen LogP contribution in [0.15, 0.2) is 0 Å². The molecule has 0 aromatic rings. The topological polar surface area (TPSA) is 42.2 Å². The molecule has 0 saturated carbocycles. The van der Waals surface area contributed by atoms with Gasteiger partial charge in [-0.1, -0.05) is 26.7 Å². The average molecular weight is 239 g/mol. The summed E-state index contributed by atoms with van der Waals surface area (Å²) < 4.78 is 11.0. The predicted molar refractivity (Wildman–Crippen MR) is 67.3 cm³/mol. The van der Waals surface area contributed by atoms with E-state index in [0.717, 1.165) is 0 Å². The fourth-order valence-electron chi connectivity index (χ4n) is 0.855. The van der Waals surface area contributed by atoms with Crippen molar-refractivity contribution in [3.63, 3.8) is 0 Å². The molecule has 1 atom stereocenters. The Kier molecular flexibility index (Phi) is 5.75. The maximum absolute atomic E-state index is 8.97. The molecular weight excluding hydrogens is 218 g/mol. The summed E-state index contributed by atoms with van der Waals surface area (Å²) in [6, 6.07) is 2.11. The molecule has 0 bridgehead atoms. The monoisotopic (exact) mass is 239 g/mol. The van der Waals surface area contributed by atoms with Gasteiger partial charge in [-0.2, -0.15) is 5.26 Å². The molecule has 0 aromatic carbocycles. The molecule has 0 radical (unpaired) electrons. The lowest BCUT2D eigenvalue weighted by atomic mass is 10.2. The summed E-state index contributed by atoms with van der Waals surface area (Å²) in [6.07, 6.45) is 4.54. The Morgan fingerprint density at radius 2 is 1.94 bits per heavy atom. The van der Waals surface area contributed by atoms with E-state index in [1.807, 2.05) is 0 Å². The van der Waals surface area contributed by atoms with Gasteiger partial charge in [0.05, 0.1) is 12.7 Å². The van der Waals surface area contributed by atoms with E-state index in [-0.39, 0.29) is 18.3 Å². The van der Waals surface area contributed by atoms with E-state index in [0.29, 0.717) is 0 Å². The van der Waals surface area contributed by atoms with Gasteiger partial charge >= 0.3 is 0 Å². The Hall–Kier alpha value is -0.813. The van der Waals surface area contributed by atoms with Gasteiger partial charge in [0.1, 0.15) is 6.61 Å². The lowest BCUT2D eigenvalue weighted by Gasteiger charge is -2.37. The van der Waals surface area contributed by atoms with Gasteiger partial charge in [-0.15, -0.1) is 6.42 Å². The van der Waals surface area contributed by atoms with E-state index in [9.17, 15) is 0 Å². The van der Waals surface area contributed by atoms with Crippen molar-refractivity contribution in [3.05, 3.63) is 0 Å². The molecule has 0 aliphatic heterocycles. The second-order valence-corrected chi connectivity index (χ2v) is 9.97. The summed E-state index contributed by atoms with van der Waals surface area (Å²) in [6.45, 7) is 11.1. The molecule has 0 spiro atoms. The maximum atomic E-state index is 8.97. The number of rotatable bonds is 5. The minimum atomic E-state index is -1.90. The standard InChI is InChI=1S/C12H21NO2Si/c1-7-8-14-10-11(9-13)15-16(5,6)12(2,3)4/h1,11H,8,10H2,2-6H3. The van der Waals surface area contributed by atoms with Crippen molar-refractivity contribution >= 4 is 8.32 Å². The quantitative estimate of drug-likeness (QED) is 0.420. The van der Waals surface area contributed by atoms with Gasteiger partial charge < -0.3 is 9.16 Å². The fourth-order valence-corrected chi connectivity index (χ4v) is 2.04. The van der Waals surface area contributed by atoms with Gasteiger partial charge in [-0.25, -0.2) is 0 Å². The molecule has 90 valence electrons. The van der Waals surface area contributed by atoms with Gasteiger partial charge in [0.2, 0.25) is 0 Å². The molecule has 0 rings (SSSR count). The zero-order valence-corrected chi connectivity index (χ0v) is 11.8. The Morgan fingerprint density at radius 1 is 1.38 bits per heavy atom. The van der Waals surface area contributed by atoms with Crippen molar-refractivity contribution in [2.45, 2.75) is 45.0 Å². The third-order valence-corrected chi connectivity index (χ3v) is 7.33. The molecule has 0 aliphatic rings. The van der Waals surface area contributed by atoms with Crippen LogP contribution in [0.25, 0.3) is 0 Å². The minimum Gasteiger partial charge on any atom is -0.400 e. The first-order valence-corrected chi connectivity index (χ1v) is 8.24. The molecule has 0 heterocycles. The van der Waals surface area contributed by atoms with Crippen LogP contribution in [0.2, 0.25) is 18.1 Å². The largest absolute Gasteiger partial charge is 0.400 e. The van der Waals surface area contributed by atoms with Gasteiger partial charge in [0.25, 0.3) is 0 Å². The normalized spacial score (nSPS) is 13.9. The van der Waals surface area contributed by atoms with Crippen LogP contribution in [0.3, 0.4) is 0 Å². The van der Waals surface area contributed by atoms with E-state index in [1.165, 1.54) is 0 Å². The summed E-state index contributed by atoms with van der Waals surface area (Å²) in [5, 5.41) is 9.06. The molecule has 4 heteroatoms. The summed E-state index contributed by atoms with van der Waals surface area (Å²) in [5.74, 6) is 2.36. The average Bonchev–Trinajstić information content (AvgIpc) is 2.14. The highest BCUT2D eigenvalue weighted by Gasteiger charge is 2.39. The number of nitrogens with zero attached hydrogens (tertiary/aromatic N) is 1. The lowest BCUT2D eigenvalue weighted by Crippen LogP contribution is -2.44. The molecule has 0 saturated heterocycles. The summed E-state index contributed by atoms with van der Waals surface area (Å²) in [7, 11) is -1.90. The highest BCUT2D eigenvalue weighted by molar-refractivity contribution is 6.74. The highest BCUT2D eigenvalue weighted by atomic mass is 28.4. The van der Waals surface area contributed by atoms with Gasteiger partial charge in [0, 0.05) is 0 Å². The molecule has 0 fully saturated rings. The van der Waals surface area contributed by atoms with Crippen LogP contribution < -0.4 is 0 Å². The first kappa shape index (κ1) is 15.2. The molecule has 0 aromatic heterocycles. The number of nitriles is 1. The molecular formula is C12H21NO2Si. The van der Waals surface area contributed by atoms with Crippen molar-refractivity contribution in [2.24, 2.45) is 0 Å². The molecule has 0 aliphatic carbocycles. The Morgan fingerprint density at radius 3 is 2.31 bits per heavy atom. The van der Waals surface area contributed by atoms with E-state index in [2.05, 4.69) is 45.9 Å². The van der Waals surface area contributed by atoms with Crippen molar-refractivity contribution in [2.75, 3.05) is 13.2 Å².